The average molecular weight is 236 g/mol. The Morgan fingerprint density at radius 2 is 2.06 bits per heavy atom. The van der Waals surface area contributed by atoms with Crippen LogP contribution >= 0.6 is 0 Å². The van der Waals surface area contributed by atoms with Gasteiger partial charge in [0.2, 0.25) is 0 Å². The highest BCUT2D eigenvalue weighted by atomic mass is 16.5. The molecule has 0 radical (unpaired) electrons. The summed E-state index contributed by atoms with van der Waals surface area (Å²) in [6.07, 6.45) is 0.136. The molecule has 0 bridgehead atoms. The molecule has 1 unspecified atom stereocenters. The van der Waals surface area contributed by atoms with Gasteiger partial charge >= 0.3 is 5.97 Å². The standard InChI is InChI=1S/C14H20O3/c1-9(2)12(8-13(15)16)11-7-5-6-10(3)14(11)17-4/h5-7,9,12H,8H2,1-4H3,(H,15,16). The monoisotopic (exact) mass is 236 g/mol. The first kappa shape index (κ1) is 13.6. The number of hydrogen-bond acceptors (Lipinski definition) is 2. The minimum atomic E-state index is -0.771. The van der Waals surface area contributed by atoms with Gasteiger partial charge in [0.05, 0.1) is 13.5 Å². The van der Waals surface area contributed by atoms with Crippen LogP contribution in [0.25, 0.3) is 0 Å². The molecule has 94 valence electrons. The van der Waals surface area contributed by atoms with Gasteiger partial charge in [-0.05, 0) is 24.0 Å². The molecular formula is C14H20O3. The van der Waals surface area contributed by atoms with Crippen LogP contribution in [-0.4, -0.2) is 18.2 Å². The molecule has 3 nitrogen and oxygen atoms in total. The topological polar surface area (TPSA) is 46.5 Å². The van der Waals surface area contributed by atoms with Crippen LogP contribution < -0.4 is 4.74 Å². The Morgan fingerprint density at radius 1 is 1.41 bits per heavy atom. The highest BCUT2D eigenvalue weighted by Crippen LogP contribution is 2.36. The first-order valence-corrected chi connectivity index (χ1v) is 5.82. The summed E-state index contributed by atoms with van der Waals surface area (Å²) in [5.41, 5.74) is 2.03. The molecule has 0 aromatic heterocycles. The lowest BCUT2D eigenvalue weighted by atomic mass is 9.84. The fourth-order valence-corrected chi connectivity index (χ4v) is 2.14. The molecule has 0 saturated carbocycles. The van der Waals surface area contributed by atoms with Crippen LogP contribution in [0.2, 0.25) is 0 Å². The quantitative estimate of drug-likeness (QED) is 0.853. The van der Waals surface area contributed by atoms with Crippen molar-refractivity contribution in [2.45, 2.75) is 33.1 Å². The first-order valence-electron chi connectivity index (χ1n) is 5.82. The maximum Gasteiger partial charge on any atom is 0.303 e. The van der Waals surface area contributed by atoms with Crippen molar-refractivity contribution in [1.29, 1.82) is 0 Å². The van der Waals surface area contributed by atoms with E-state index in [1.807, 2.05) is 39.0 Å². The van der Waals surface area contributed by atoms with E-state index >= 15 is 0 Å². The Kier molecular flexibility index (Phi) is 4.55. The van der Waals surface area contributed by atoms with E-state index in [0.29, 0.717) is 0 Å². The van der Waals surface area contributed by atoms with Gasteiger partial charge in [-0.2, -0.15) is 0 Å². The zero-order valence-corrected chi connectivity index (χ0v) is 10.9. The Bertz CT molecular complexity index is 396. The molecule has 0 aliphatic heterocycles. The SMILES string of the molecule is COc1c(C)cccc1C(CC(=O)O)C(C)C. The van der Waals surface area contributed by atoms with Crippen molar-refractivity contribution in [3.05, 3.63) is 29.3 Å². The third-order valence-electron chi connectivity index (χ3n) is 3.05. The van der Waals surface area contributed by atoms with Gasteiger partial charge in [0.25, 0.3) is 0 Å². The van der Waals surface area contributed by atoms with E-state index in [4.69, 9.17) is 9.84 Å². The van der Waals surface area contributed by atoms with Gasteiger partial charge in [0.15, 0.2) is 0 Å². The summed E-state index contributed by atoms with van der Waals surface area (Å²) in [4.78, 5) is 10.9. The molecule has 1 atom stereocenters. The molecule has 1 rings (SSSR count). The van der Waals surface area contributed by atoms with Gasteiger partial charge in [-0.1, -0.05) is 32.0 Å². The lowest BCUT2D eigenvalue weighted by Gasteiger charge is -2.22. The first-order chi connectivity index (χ1) is 7.97. The summed E-state index contributed by atoms with van der Waals surface area (Å²) < 4.78 is 5.40. The predicted octanol–water partition coefficient (Wildman–Crippen LogP) is 3.22. The van der Waals surface area contributed by atoms with Gasteiger partial charge in [0, 0.05) is 5.92 Å². The van der Waals surface area contributed by atoms with Gasteiger partial charge in [-0.25, -0.2) is 0 Å². The van der Waals surface area contributed by atoms with E-state index in [1.165, 1.54) is 0 Å². The molecule has 1 N–H and O–H groups in total. The van der Waals surface area contributed by atoms with Gasteiger partial charge in [-0.15, -0.1) is 0 Å². The number of para-hydroxylation sites is 1. The molecule has 1 aromatic rings. The van der Waals surface area contributed by atoms with E-state index in [-0.39, 0.29) is 18.3 Å². The number of hydrogen-bond donors (Lipinski definition) is 1. The zero-order chi connectivity index (χ0) is 13.0. The van der Waals surface area contributed by atoms with E-state index in [1.54, 1.807) is 7.11 Å². The molecule has 3 heteroatoms. The zero-order valence-electron chi connectivity index (χ0n) is 10.9. The van der Waals surface area contributed by atoms with Crippen LogP contribution in [0.4, 0.5) is 0 Å². The van der Waals surface area contributed by atoms with Gasteiger partial charge in [0.1, 0.15) is 5.75 Å². The summed E-state index contributed by atoms with van der Waals surface area (Å²) >= 11 is 0. The van der Waals surface area contributed by atoms with Gasteiger partial charge < -0.3 is 9.84 Å². The molecule has 0 aliphatic rings. The van der Waals surface area contributed by atoms with Crippen molar-refractivity contribution < 1.29 is 14.6 Å². The summed E-state index contributed by atoms with van der Waals surface area (Å²) in [5, 5.41) is 8.99. The Hall–Kier alpha value is -1.51. The minimum Gasteiger partial charge on any atom is -0.496 e. The second kappa shape index (κ2) is 5.71. The fraction of sp³-hybridized carbons (Fsp3) is 0.500. The van der Waals surface area contributed by atoms with Crippen molar-refractivity contribution in [2.24, 2.45) is 5.92 Å². The number of methoxy groups -OCH3 is 1. The van der Waals surface area contributed by atoms with Gasteiger partial charge in [-0.3, -0.25) is 4.79 Å². The number of carboxylic acid groups (broad SMARTS) is 1. The fourth-order valence-electron chi connectivity index (χ4n) is 2.14. The maximum absolute atomic E-state index is 10.9. The second-order valence-corrected chi connectivity index (χ2v) is 4.65. The summed E-state index contributed by atoms with van der Waals surface area (Å²) in [6.45, 7) is 6.05. The normalized spacial score (nSPS) is 12.5. The summed E-state index contributed by atoms with van der Waals surface area (Å²) in [6, 6.07) is 5.88. The highest BCUT2D eigenvalue weighted by molar-refractivity contribution is 5.68. The predicted molar refractivity (Wildman–Crippen MR) is 67.6 cm³/mol. The highest BCUT2D eigenvalue weighted by Gasteiger charge is 2.23. The minimum absolute atomic E-state index is 0.0117. The molecule has 0 spiro atoms. The second-order valence-electron chi connectivity index (χ2n) is 4.65. The number of aliphatic carboxylic acids is 1. The van der Waals surface area contributed by atoms with E-state index in [9.17, 15) is 4.79 Å². The summed E-state index contributed by atoms with van der Waals surface area (Å²) in [7, 11) is 1.63. The van der Waals surface area contributed by atoms with Crippen LogP contribution in [0.15, 0.2) is 18.2 Å². The summed E-state index contributed by atoms with van der Waals surface area (Å²) in [5.74, 6) is 0.295. The molecule has 0 fully saturated rings. The van der Waals surface area contributed by atoms with Crippen molar-refractivity contribution in [2.75, 3.05) is 7.11 Å². The van der Waals surface area contributed by atoms with Crippen molar-refractivity contribution >= 4 is 5.97 Å². The smallest absolute Gasteiger partial charge is 0.303 e. The van der Waals surface area contributed by atoms with Crippen LogP contribution in [0.1, 0.15) is 37.3 Å². The molecule has 0 amide bonds. The third kappa shape index (κ3) is 3.22. The lowest BCUT2D eigenvalue weighted by Crippen LogP contribution is -2.13. The number of carboxylic acids is 1. The van der Waals surface area contributed by atoms with E-state index in [0.717, 1.165) is 16.9 Å². The van der Waals surface area contributed by atoms with Crippen LogP contribution in [0.5, 0.6) is 5.75 Å². The van der Waals surface area contributed by atoms with Crippen molar-refractivity contribution in [3.8, 4) is 5.75 Å². The maximum atomic E-state index is 10.9. The van der Waals surface area contributed by atoms with E-state index < -0.39 is 5.97 Å². The average Bonchev–Trinajstić information content (AvgIpc) is 2.25. The van der Waals surface area contributed by atoms with Crippen LogP contribution in [-0.2, 0) is 4.79 Å². The molecule has 0 heterocycles. The Labute approximate surface area is 102 Å². The Morgan fingerprint density at radius 3 is 2.53 bits per heavy atom. The third-order valence-corrected chi connectivity index (χ3v) is 3.05. The number of ether oxygens (including phenoxy) is 1. The number of aryl methyl sites for hydroxylation is 1. The number of rotatable bonds is 5. The van der Waals surface area contributed by atoms with Crippen LogP contribution in [0, 0.1) is 12.8 Å². The van der Waals surface area contributed by atoms with Crippen molar-refractivity contribution in [3.63, 3.8) is 0 Å². The number of benzene rings is 1. The molecule has 0 saturated heterocycles. The van der Waals surface area contributed by atoms with E-state index in [2.05, 4.69) is 0 Å². The molecular weight excluding hydrogens is 216 g/mol. The molecule has 0 aliphatic carbocycles. The Balaban J connectivity index is 3.18. The largest absolute Gasteiger partial charge is 0.496 e. The number of carbonyl (C=O) groups is 1. The lowest BCUT2D eigenvalue weighted by molar-refractivity contribution is -0.137. The molecule has 1 aromatic carbocycles. The van der Waals surface area contributed by atoms with Crippen molar-refractivity contribution in [1.82, 2.24) is 0 Å². The van der Waals surface area contributed by atoms with Crippen LogP contribution in [0.3, 0.4) is 0 Å². The molecule has 17 heavy (non-hydrogen) atoms.